The monoisotopic (exact) mass is 258 g/mol. The van der Waals surface area contributed by atoms with Crippen molar-refractivity contribution in [2.45, 2.75) is 89.7 Å². The number of rotatable bonds is 13. The zero-order valence-corrected chi connectivity index (χ0v) is 12.2. The number of aliphatic hydroxyl groups excluding tert-OH is 1. The molecule has 2 atom stereocenters. The van der Waals surface area contributed by atoms with E-state index >= 15 is 0 Å². The van der Waals surface area contributed by atoms with Crippen molar-refractivity contribution < 1.29 is 5.11 Å². The Kier molecular flexibility index (Phi) is 13.2. The second-order valence-electron chi connectivity index (χ2n) is 5.40. The Hall–Kier alpha value is -0.120. The van der Waals surface area contributed by atoms with E-state index < -0.39 is 0 Å². The van der Waals surface area contributed by atoms with Crippen LogP contribution in [0.3, 0.4) is 0 Å². The van der Waals surface area contributed by atoms with Crippen LogP contribution in [0.2, 0.25) is 0 Å². The molecule has 0 amide bonds. The predicted molar refractivity (Wildman–Crippen MR) is 79.5 cm³/mol. The summed E-state index contributed by atoms with van der Waals surface area (Å²) in [7, 11) is 0. The smallest absolute Gasteiger partial charge is 0.0688 e. The molecule has 0 radical (unpaired) electrons. The third-order valence-electron chi connectivity index (χ3n) is 3.65. The summed E-state index contributed by atoms with van der Waals surface area (Å²) in [5, 5.41) is 9.54. The number of nitrogens with two attached hydrogens (primary N) is 2. The lowest BCUT2D eigenvalue weighted by molar-refractivity contribution is 0.135. The van der Waals surface area contributed by atoms with Gasteiger partial charge >= 0.3 is 0 Å². The molecule has 0 spiro atoms. The van der Waals surface area contributed by atoms with Crippen LogP contribution in [0.5, 0.6) is 0 Å². The minimum Gasteiger partial charge on any atom is -0.392 e. The Labute approximate surface area is 113 Å². The fourth-order valence-electron chi connectivity index (χ4n) is 2.26. The first-order chi connectivity index (χ1) is 8.72. The molecule has 5 N–H and O–H groups in total. The number of hydrogen-bond acceptors (Lipinski definition) is 3. The largest absolute Gasteiger partial charge is 0.392 e. The van der Waals surface area contributed by atoms with Crippen molar-refractivity contribution in [1.82, 2.24) is 0 Å². The molecule has 0 rings (SSSR count). The van der Waals surface area contributed by atoms with Gasteiger partial charge in [-0.3, -0.25) is 0 Å². The molecule has 3 nitrogen and oxygen atoms in total. The van der Waals surface area contributed by atoms with Gasteiger partial charge in [-0.25, -0.2) is 0 Å². The number of unbranched alkanes of at least 4 members (excludes halogenated alkanes) is 8. The van der Waals surface area contributed by atoms with Crippen LogP contribution in [-0.4, -0.2) is 23.8 Å². The molecule has 110 valence electrons. The average Bonchev–Trinajstić information content (AvgIpc) is 2.39. The van der Waals surface area contributed by atoms with E-state index in [4.69, 9.17) is 11.5 Å². The lowest BCUT2D eigenvalue weighted by atomic mass is 10.0. The lowest BCUT2D eigenvalue weighted by Gasteiger charge is -2.16. The predicted octanol–water partition coefficient (Wildman–Crippen LogP) is 2.94. The van der Waals surface area contributed by atoms with Crippen LogP contribution in [-0.2, 0) is 0 Å². The van der Waals surface area contributed by atoms with Crippen LogP contribution < -0.4 is 11.5 Å². The number of hydrogen-bond donors (Lipinski definition) is 3. The van der Waals surface area contributed by atoms with Crippen molar-refractivity contribution in [2.24, 2.45) is 11.5 Å². The molecule has 0 fully saturated rings. The first-order valence-corrected chi connectivity index (χ1v) is 7.86. The van der Waals surface area contributed by atoms with Gasteiger partial charge in [0, 0.05) is 6.04 Å². The zero-order chi connectivity index (χ0) is 13.6. The fourth-order valence-corrected chi connectivity index (χ4v) is 2.26. The average molecular weight is 258 g/mol. The quantitative estimate of drug-likeness (QED) is 0.445. The molecule has 2 unspecified atom stereocenters. The third-order valence-corrected chi connectivity index (χ3v) is 3.65. The molecular weight excluding hydrogens is 224 g/mol. The summed E-state index contributed by atoms with van der Waals surface area (Å²) in [6.45, 7) is 2.82. The fraction of sp³-hybridized carbons (Fsp3) is 1.00. The lowest BCUT2D eigenvalue weighted by Crippen LogP contribution is -2.33. The summed E-state index contributed by atoms with van der Waals surface area (Å²) in [6, 6.07) is -0.0220. The molecule has 0 saturated carbocycles. The van der Waals surface area contributed by atoms with Gasteiger partial charge in [0.25, 0.3) is 0 Å². The van der Waals surface area contributed by atoms with Crippen molar-refractivity contribution >= 4 is 0 Å². The molecule has 0 aliphatic heterocycles. The van der Waals surface area contributed by atoms with Crippen LogP contribution in [0.1, 0.15) is 77.6 Å². The summed E-state index contributed by atoms with van der Waals surface area (Å²) in [6.07, 6.45) is 13.0. The van der Waals surface area contributed by atoms with E-state index in [9.17, 15) is 5.11 Å². The third kappa shape index (κ3) is 11.0. The summed E-state index contributed by atoms with van der Waals surface area (Å²) in [5.41, 5.74) is 11.3. The summed E-state index contributed by atoms with van der Waals surface area (Å²) < 4.78 is 0. The molecule has 0 bridgehead atoms. The Balaban J connectivity index is 3.11. The SMILES string of the molecule is CCC(O)C(N)CCCCCCCCCCCN. The Morgan fingerprint density at radius 2 is 1.28 bits per heavy atom. The molecule has 0 aromatic carbocycles. The van der Waals surface area contributed by atoms with Gasteiger partial charge in [-0.2, -0.15) is 0 Å². The highest BCUT2D eigenvalue weighted by molar-refractivity contribution is 4.69. The van der Waals surface area contributed by atoms with Gasteiger partial charge in [0.2, 0.25) is 0 Å². The van der Waals surface area contributed by atoms with Gasteiger partial charge in [0.1, 0.15) is 0 Å². The van der Waals surface area contributed by atoms with Crippen LogP contribution in [0, 0.1) is 0 Å². The summed E-state index contributed by atoms with van der Waals surface area (Å²) in [4.78, 5) is 0. The minimum absolute atomic E-state index is 0.0220. The first kappa shape index (κ1) is 17.9. The normalized spacial score (nSPS) is 14.7. The van der Waals surface area contributed by atoms with Crippen molar-refractivity contribution in [2.75, 3.05) is 6.54 Å². The maximum Gasteiger partial charge on any atom is 0.0688 e. The van der Waals surface area contributed by atoms with Gasteiger partial charge in [-0.1, -0.05) is 58.3 Å². The maximum atomic E-state index is 9.54. The van der Waals surface area contributed by atoms with Crippen molar-refractivity contribution in [1.29, 1.82) is 0 Å². The van der Waals surface area contributed by atoms with E-state index in [1.807, 2.05) is 6.92 Å². The van der Waals surface area contributed by atoms with Gasteiger partial charge < -0.3 is 16.6 Å². The number of aliphatic hydroxyl groups is 1. The van der Waals surface area contributed by atoms with Gasteiger partial charge in [-0.15, -0.1) is 0 Å². The van der Waals surface area contributed by atoms with Crippen LogP contribution in [0.15, 0.2) is 0 Å². The van der Waals surface area contributed by atoms with Crippen LogP contribution in [0.25, 0.3) is 0 Å². The van der Waals surface area contributed by atoms with Crippen LogP contribution >= 0.6 is 0 Å². The summed E-state index contributed by atoms with van der Waals surface area (Å²) >= 11 is 0. The molecular formula is C15H34N2O. The maximum absolute atomic E-state index is 9.54. The Bertz CT molecular complexity index is 165. The highest BCUT2D eigenvalue weighted by atomic mass is 16.3. The van der Waals surface area contributed by atoms with Gasteiger partial charge in [-0.05, 0) is 25.8 Å². The minimum atomic E-state index is -0.312. The van der Waals surface area contributed by atoms with E-state index in [0.717, 1.165) is 25.8 Å². The molecule has 0 aromatic heterocycles. The summed E-state index contributed by atoms with van der Waals surface area (Å²) in [5.74, 6) is 0. The standard InChI is InChI=1S/C15H34N2O/c1-2-15(18)14(17)12-10-8-6-4-3-5-7-9-11-13-16/h14-15,18H,2-13,16-17H2,1H3. The first-order valence-electron chi connectivity index (χ1n) is 7.86. The van der Waals surface area contributed by atoms with E-state index in [1.54, 1.807) is 0 Å². The van der Waals surface area contributed by atoms with Crippen molar-refractivity contribution in [3.63, 3.8) is 0 Å². The van der Waals surface area contributed by atoms with E-state index in [1.165, 1.54) is 51.4 Å². The van der Waals surface area contributed by atoms with E-state index in [-0.39, 0.29) is 12.1 Å². The van der Waals surface area contributed by atoms with Crippen molar-refractivity contribution in [3.8, 4) is 0 Å². The van der Waals surface area contributed by atoms with E-state index in [2.05, 4.69) is 0 Å². The van der Waals surface area contributed by atoms with Gasteiger partial charge in [0.05, 0.1) is 6.10 Å². The molecule has 0 aromatic rings. The highest BCUT2D eigenvalue weighted by Crippen LogP contribution is 2.12. The zero-order valence-electron chi connectivity index (χ0n) is 12.2. The van der Waals surface area contributed by atoms with Crippen LogP contribution in [0.4, 0.5) is 0 Å². The topological polar surface area (TPSA) is 72.3 Å². The Morgan fingerprint density at radius 3 is 1.72 bits per heavy atom. The highest BCUT2D eigenvalue weighted by Gasteiger charge is 2.11. The molecule has 0 heterocycles. The second kappa shape index (κ2) is 13.3. The molecule has 0 saturated heterocycles. The Morgan fingerprint density at radius 1 is 0.833 bits per heavy atom. The molecule has 0 aliphatic rings. The molecule has 18 heavy (non-hydrogen) atoms. The molecule has 3 heteroatoms. The van der Waals surface area contributed by atoms with Crippen molar-refractivity contribution in [3.05, 3.63) is 0 Å². The van der Waals surface area contributed by atoms with Gasteiger partial charge in [0.15, 0.2) is 0 Å². The second-order valence-corrected chi connectivity index (χ2v) is 5.40. The molecule has 0 aliphatic carbocycles. The van der Waals surface area contributed by atoms with E-state index in [0.29, 0.717) is 0 Å².